The van der Waals surface area contributed by atoms with E-state index < -0.39 is 5.97 Å². The van der Waals surface area contributed by atoms with Gasteiger partial charge in [-0.2, -0.15) is 0 Å². The maximum atomic E-state index is 11.5. The van der Waals surface area contributed by atoms with Crippen LogP contribution in [0.4, 0.5) is 0 Å². The molecule has 2 aromatic rings. The summed E-state index contributed by atoms with van der Waals surface area (Å²) in [5.74, 6) is -0.506. The molecule has 0 unspecified atom stereocenters. The number of fused-ring (bicyclic) bond motifs is 1. The molecule has 0 aliphatic heterocycles. The first kappa shape index (κ1) is 14.4. The second-order valence-electron chi connectivity index (χ2n) is 6.12. The van der Waals surface area contributed by atoms with Crippen molar-refractivity contribution in [1.29, 1.82) is 0 Å². The van der Waals surface area contributed by atoms with Crippen molar-refractivity contribution in [3.05, 3.63) is 42.0 Å². The fourth-order valence-corrected chi connectivity index (χ4v) is 2.06. The molecular formula is C17H20O3. The predicted molar refractivity (Wildman–Crippen MR) is 80.5 cm³/mol. The van der Waals surface area contributed by atoms with Crippen molar-refractivity contribution in [3.8, 4) is 5.75 Å². The first-order valence-corrected chi connectivity index (χ1v) is 6.76. The van der Waals surface area contributed by atoms with Crippen LogP contribution in [0.1, 0.15) is 37.6 Å². The van der Waals surface area contributed by atoms with Crippen molar-refractivity contribution in [1.82, 2.24) is 0 Å². The second-order valence-corrected chi connectivity index (χ2v) is 6.12. The van der Waals surface area contributed by atoms with E-state index in [4.69, 9.17) is 4.74 Å². The maximum Gasteiger partial charge on any atom is 0.340 e. The summed E-state index contributed by atoms with van der Waals surface area (Å²) < 4.78 is 5.70. The Morgan fingerprint density at radius 1 is 1.15 bits per heavy atom. The molecule has 0 spiro atoms. The summed E-state index contributed by atoms with van der Waals surface area (Å²) in [6.07, 6.45) is 0.874. The quantitative estimate of drug-likeness (QED) is 0.899. The number of carboxylic acids is 1. The zero-order valence-corrected chi connectivity index (χ0v) is 12.1. The van der Waals surface area contributed by atoms with Gasteiger partial charge in [-0.05, 0) is 28.7 Å². The molecule has 1 N–H and O–H groups in total. The third kappa shape index (κ3) is 3.29. The van der Waals surface area contributed by atoms with Crippen LogP contribution >= 0.6 is 0 Å². The van der Waals surface area contributed by atoms with Crippen molar-refractivity contribution < 1.29 is 14.6 Å². The van der Waals surface area contributed by atoms with E-state index in [1.165, 1.54) is 0 Å². The molecule has 3 heteroatoms. The Labute approximate surface area is 119 Å². The molecule has 0 heterocycles. The summed E-state index contributed by atoms with van der Waals surface area (Å²) in [5, 5.41) is 11.1. The minimum absolute atomic E-state index is 0.167. The number of carbonyl (C=O) groups is 1. The SMILES string of the molecule is CC(C)(C)CCOc1ccc2ccccc2c1C(=O)O. The van der Waals surface area contributed by atoms with Crippen molar-refractivity contribution >= 4 is 16.7 Å². The topological polar surface area (TPSA) is 46.5 Å². The van der Waals surface area contributed by atoms with Gasteiger partial charge in [0.2, 0.25) is 0 Å². The molecule has 0 fully saturated rings. The molecule has 0 atom stereocenters. The van der Waals surface area contributed by atoms with Gasteiger partial charge >= 0.3 is 5.97 Å². The van der Waals surface area contributed by atoms with E-state index in [0.29, 0.717) is 17.7 Å². The number of benzene rings is 2. The Kier molecular flexibility index (Phi) is 3.98. The van der Waals surface area contributed by atoms with Crippen LogP contribution < -0.4 is 4.74 Å². The molecule has 0 saturated carbocycles. The van der Waals surface area contributed by atoms with Gasteiger partial charge in [-0.3, -0.25) is 0 Å². The van der Waals surface area contributed by atoms with Gasteiger partial charge in [0.25, 0.3) is 0 Å². The highest BCUT2D eigenvalue weighted by molar-refractivity contribution is 6.06. The zero-order valence-electron chi connectivity index (χ0n) is 12.1. The largest absolute Gasteiger partial charge is 0.493 e. The summed E-state index contributed by atoms with van der Waals surface area (Å²) in [7, 11) is 0. The van der Waals surface area contributed by atoms with Crippen LogP contribution in [0.25, 0.3) is 10.8 Å². The van der Waals surface area contributed by atoms with Gasteiger partial charge in [0.05, 0.1) is 6.61 Å². The van der Waals surface area contributed by atoms with Gasteiger partial charge in [-0.15, -0.1) is 0 Å². The summed E-state index contributed by atoms with van der Waals surface area (Å²) >= 11 is 0. The molecule has 0 saturated heterocycles. The summed E-state index contributed by atoms with van der Waals surface area (Å²) in [6.45, 7) is 6.92. The highest BCUT2D eigenvalue weighted by Gasteiger charge is 2.16. The number of hydrogen-bond donors (Lipinski definition) is 1. The van der Waals surface area contributed by atoms with Crippen molar-refractivity contribution in [2.45, 2.75) is 27.2 Å². The van der Waals surface area contributed by atoms with Crippen molar-refractivity contribution in [2.75, 3.05) is 6.61 Å². The molecule has 0 aliphatic carbocycles. The van der Waals surface area contributed by atoms with E-state index in [0.717, 1.165) is 11.8 Å². The van der Waals surface area contributed by atoms with Gasteiger partial charge in [0.1, 0.15) is 11.3 Å². The monoisotopic (exact) mass is 272 g/mol. The van der Waals surface area contributed by atoms with Gasteiger partial charge in [-0.1, -0.05) is 51.1 Å². The van der Waals surface area contributed by atoms with Crippen molar-refractivity contribution in [2.24, 2.45) is 5.41 Å². The lowest BCUT2D eigenvalue weighted by Crippen LogP contribution is -2.12. The molecule has 0 radical (unpaired) electrons. The molecule has 0 aromatic heterocycles. The van der Waals surface area contributed by atoms with E-state index >= 15 is 0 Å². The highest BCUT2D eigenvalue weighted by atomic mass is 16.5. The Morgan fingerprint density at radius 2 is 1.85 bits per heavy atom. The average Bonchev–Trinajstić information content (AvgIpc) is 2.36. The number of hydrogen-bond acceptors (Lipinski definition) is 2. The predicted octanol–water partition coefficient (Wildman–Crippen LogP) is 4.35. The normalized spacial score (nSPS) is 11.6. The zero-order chi connectivity index (χ0) is 14.8. The number of ether oxygens (including phenoxy) is 1. The fourth-order valence-electron chi connectivity index (χ4n) is 2.06. The van der Waals surface area contributed by atoms with Crippen LogP contribution in [0.5, 0.6) is 5.75 Å². The van der Waals surface area contributed by atoms with Crippen LogP contribution in [0.15, 0.2) is 36.4 Å². The van der Waals surface area contributed by atoms with Gasteiger partial charge in [-0.25, -0.2) is 4.79 Å². The average molecular weight is 272 g/mol. The lowest BCUT2D eigenvalue weighted by atomic mass is 9.93. The summed E-state index contributed by atoms with van der Waals surface area (Å²) in [5.41, 5.74) is 0.414. The number of aromatic carboxylic acids is 1. The molecule has 106 valence electrons. The van der Waals surface area contributed by atoms with E-state index in [-0.39, 0.29) is 11.0 Å². The first-order valence-electron chi connectivity index (χ1n) is 6.76. The standard InChI is InChI=1S/C17H20O3/c1-17(2,3)10-11-20-14-9-8-12-6-4-5-7-13(12)15(14)16(18)19/h4-9H,10-11H2,1-3H3,(H,18,19). The lowest BCUT2D eigenvalue weighted by molar-refractivity contribution is 0.0694. The van der Waals surface area contributed by atoms with E-state index in [9.17, 15) is 9.90 Å². The Hall–Kier alpha value is -2.03. The minimum Gasteiger partial charge on any atom is -0.493 e. The van der Waals surface area contributed by atoms with Crippen LogP contribution in [-0.2, 0) is 0 Å². The Morgan fingerprint density at radius 3 is 2.50 bits per heavy atom. The van der Waals surface area contributed by atoms with Gasteiger partial charge in [0.15, 0.2) is 0 Å². The highest BCUT2D eigenvalue weighted by Crippen LogP contribution is 2.29. The van der Waals surface area contributed by atoms with Crippen LogP contribution in [0.3, 0.4) is 0 Å². The van der Waals surface area contributed by atoms with Gasteiger partial charge < -0.3 is 9.84 Å². The first-order chi connectivity index (χ1) is 9.38. The maximum absolute atomic E-state index is 11.5. The molecule has 0 bridgehead atoms. The number of carboxylic acid groups (broad SMARTS) is 1. The summed E-state index contributed by atoms with van der Waals surface area (Å²) in [4.78, 5) is 11.5. The molecule has 2 rings (SSSR count). The van der Waals surface area contributed by atoms with Crippen LogP contribution in [0.2, 0.25) is 0 Å². The third-order valence-corrected chi connectivity index (χ3v) is 3.21. The Balaban J connectivity index is 2.33. The fraction of sp³-hybridized carbons (Fsp3) is 0.353. The van der Waals surface area contributed by atoms with Gasteiger partial charge in [0, 0.05) is 0 Å². The molecule has 3 nitrogen and oxygen atoms in total. The van der Waals surface area contributed by atoms with E-state index in [2.05, 4.69) is 20.8 Å². The molecule has 20 heavy (non-hydrogen) atoms. The van der Waals surface area contributed by atoms with Crippen LogP contribution in [0, 0.1) is 5.41 Å². The Bertz CT molecular complexity index is 624. The third-order valence-electron chi connectivity index (χ3n) is 3.21. The molecular weight excluding hydrogens is 252 g/mol. The minimum atomic E-state index is -0.951. The molecule has 0 aliphatic rings. The molecule has 0 amide bonds. The van der Waals surface area contributed by atoms with E-state index in [1.54, 1.807) is 6.07 Å². The lowest BCUT2D eigenvalue weighted by Gasteiger charge is -2.19. The number of rotatable bonds is 4. The second kappa shape index (κ2) is 5.53. The van der Waals surface area contributed by atoms with Crippen molar-refractivity contribution in [3.63, 3.8) is 0 Å². The van der Waals surface area contributed by atoms with Crippen LogP contribution in [-0.4, -0.2) is 17.7 Å². The van der Waals surface area contributed by atoms with E-state index in [1.807, 2.05) is 30.3 Å². The molecule has 2 aromatic carbocycles. The smallest absolute Gasteiger partial charge is 0.340 e. The summed E-state index contributed by atoms with van der Waals surface area (Å²) in [6, 6.07) is 11.1.